The quantitative estimate of drug-likeness (QED) is 0.744. The lowest BCUT2D eigenvalue weighted by Gasteiger charge is -2.51. The Hall–Kier alpha value is -1.15. The summed E-state index contributed by atoms with van der Waals surface area (Å²) in [5, 5.41) is 10.5. The van der Waals surface area contributed by atoms with E-state index in [2.05, 4.69) is 19.6 Å². The highest BCUT2D eigenvalue weighted by Gasteiger charge is 2.55. The maximum atomic E-state index is 11.8. The summed E-state index contributed by atoms with van der Waals surface area (Å²) in [4.78, 5) is 11.8. The summed E-state index contributed by atoms with van der Waals surface area (Å²) in [6.07, 6.45) is 10.8. The molecule has 118 valence electrons. The summed E-state index contributed by atoms with van der Waals surface area (Å²) < 4.78 is 0. The average molecular weight is 298 g/mol. The topological polar surface area (TPSA) is 37.3 Å². The summed E-state index contributed by atoms with van der Waals surface area (Å²) in [6.45, 7) is 6.39. The maximum Gasteiger partial charge on any atom is 0.156 e. The Morgan fingerprint density at radius 1 is 1.27 bits per heavy atom. The first-order valence-electron chi connectivity index (χ1n) is 8.82. The van der Waals surface area contributed by atoms with Crippen molar-refractivity contribution in [1.82, 2.24) is 0 Å². The Morgan fingerprint density at radius 3 is 2.86 bits per heavy atom. The molecule has 2 saturated carbocycles. The van der Waals surface area contributed by atoms with Crippen LogP contribution in [0.4, 0.5) is 0 Å². The van der Waals surface area contributed by atoms with Gasteiger partial charge in [-0.15, -0.1) is 6.58 Å². The Morgan fingerprint density at radius 2 is 2.09 bits per heavy atom. The smallest absolute Gasteiger partial charge is 0.156 e. The molecule has 0 aromatic rings. The van der Waals surface area contributed by atoms with E-state index < -0.39 is 0 Å². The molecule has 2 fully saturated rings. The minimum absolute atomic E-state index is 0.0548. The van der Waals surface area contributed by atoms with Crippen molar-refractivity contribution >= 4 is 5.78 Å². The molecular weight excluding hydrogens is 272 g/mol. The molecule has 0 aromatic carbocycles. The fourth-order valence-electron chi connectivity index (χ4n) is 5.91. The third kappa shape index (κ3) is 1.86. The van der Waals surface area contributed by atoms with Crippen LogP contribution in [0.25, 0.3) is 0 Å². The molecule has 0 aromatic heterocycles. The van der Waals surface area contributed by atoms with Crippen LogP contribution in [0.1, 0.15) is 51.9 Å². The lowest BCUT2D eigenvalue weighted by atomic mass is 9.54. The van der Waals surface area contributed by atoms with Gasteiger partial charge in [-0.1, -0.05) is 18.6 Å². The summed E-state index contributed by atoms with van der Waals surface area (Å²) in [5.74, 6) is 1.88. The number of hydrogen-bond donors (Lipinski definition) is 1. The minimum Gasteiger partial charge on any atom is -0.393 e. The van der Waals surface area contributed by atoms with Crippen LogP contribution < -0.4 is 0 Å². The van der Waals surface area contributed by atoms with Crippen LogP contribution in [-0.2, 0) is 4.79 Å². The van der Waals surface area contributed by atoms with E-state index in [1.807, 2.05) is 6.08 Å². The van der Waals surface area contributed by atoms with Gasteiger partial charge in [-0.2, -0.15) is 0 Å². The second-order valence-electron chi connectivity index (χ2n) is 7.97. The second-order valence-corrected chi connectivity index (χ2v) is 7.97. The Balaban J connectivity index is 1.83. The number of carbonyl (C=O) groups excluding carboxylic acids is 1. The monoisotopic (exact) mass is 298 g/mol. The molecule has 0 spiro atoms. The lowest BCUT2D eigenvalue weighted by Crippen LogP contribution is -2.45. The fourth-order valence-corrected chi connectivity index (χ4v) is 5.91. The van der Waals surface area contributed by atoms with Crippen LogP contribution in [0, 0.1) is 23.2 Å². The summed E-state index contributed by atoms with van der Waals surface area (Å²) in [7, 11) is 0. The molecule has 0 unspecified atom stereocenters. The zero-order chi connectivity index (χ0) is 15.5. The highest BCUT2D eigenvalue weighted by Crippen LogP contribution is 2.61. The van der Waals surface area contributed by atoms with E-state index >= 15 is 0 Å². The summed E-state index contributed by atoms with van der Waals surface area (Å²) in [5.41, 5.74) is 4.41. The third-order valence-corrected chi connectivity index (χ3v) is 7.01. The first kappa shape index (κ1) is 14.4. The number of allylic oxidation sites excluding steroid dienone is 5. The van der Waals surface area contributed by atoms with Crippen LogP contribution in [-0.4, -0.2) is 17.0 Å². The zero-order valence-electron chi connectivity index (χ0n) is 13.5. The van der Waals surface area contributed by atoms with Gasteiger partial charge in [0.2, 0.25) is 0 Å². The van der Waals surface area contributed by atoms with Crippen molar-refractivity contribution in [2.24, 2.45) is 23.2 Å². The van der Waals surface area contributed by atoms with E-state index in [4.69, 9.17) is 0 Å². The standard InChI is InChI=1S/C20H26O2/c1-3-12-11-20(2)17(8-9-18(20)22)16-6-4-13-10-14(21)5-7-15(13)19(12)16/h3,10,12,16-18,22H,1,4-9,11H2,2H3/t12-,16-,17-,18-,20-/m0/s1. The van der Waals surface area contributed by atoms with E-state index in [-0.39, 0.29) is 11.5 Å². The maximum absolute atomic E-state index is 11.8. The Kier molecular flexibility index (Phi) is 3.23. The zero-order valence-corrected chi connectivity index (χ0v) is 13.5. The predicted octanol–water partition coefficient (Wildman–Crippen LogP) is 3.97. The molecule has 0 saturated heterocycles. The molecule has 0 bridgehead atoms. The van der Waals surface area contributed by atoms with E-state index in [1.54, 1.807) is 5.57 Å². The van der Waals surface area contributed by atoms with Crippen LogP contribution >= 0.6 is 0 Å². The fraction of sp³-hybridized carbons (Fsp3) is 0.650. The molecule has 0 amide bonds. The molecule has 0 radical (unpaired) electrons. The van der Waals surface area contributed by atoms with Crippen LogP contribution in [0.3, 0.4) is 0 Å². The van der Waals surface area contributed by atoms with Crippen LogP contribution in [0.15, 0.2) is 35.5 Å². The molecule has 2 nitrogen and oxygen atoms in total. The second kappa shape index (κ2) is 4.92. The minimum atomic E-state index is -0.156. The van der Waals surface area contributed by atoms with Crippen LogP contribution in [0.2, 0.25) is 0 Å². The van der Waals surface area contributed by atoms with Gasteiger partial charge < -0.3 is 5.11 Å². The van der Waals surface area contributed by atoms with Crippen molar-refractivity contribution in [2.75, 3.05) is 0 Å². The van der Waals surface area contributed by atoms with Crippen molar-refractivity contribution in [2.45, 2.75) is 58.0 Å². The van der Waals surface area contributed by atoms with Gasteiger partial charge in [-0.05, 0) is 78.9 Å². The van der Waals surface area contributed by atoms with E-state index in [1.165, 1.54) is 11.1 Å². The molecule has 5 atom stereocenters. The lowest BCUT2D eigenvalue weighted by molar-refractivity contribution is -0.114. The molecular formula is C20H26O2. The SMILES string of the molecule is C=C[C@H]1C[C@]2(C)[C@@H](O)CC[C@H]2[C@@H]2CCC3=CC(=O)CCC3=C21. The van der Waals surface area contributed by atoms with Gasteiger partial charge in [0, 0.05) is 6.42 Å². The molecule has 4 aliphatic rings. The Labute approximate surface area is 133 Å². The first-order valence-corrected chi connectivity index (χ1v) is 8.82. The van der Waals surface area contributed by atoms with Gasteiger partial charge in [-0.3, -0.25) is 4.79 Å². The normalized spacial score (nSPS) is 44.1. The van der Waals surface area contributed by atoms with Gasteiger partial charge in [0.15, 0.2) is 5.78 Å². The largest absolute Gasteiger partial charge is 0.393 e. The number of carbonyl (C=O) groups is 1. The van der Waals surface area contributed by atoms with Crippen molar-refractivity contribution < 1.29 is 9.90 Å². The number of rotatable bonds is 1. The van der Waals surface area contributed by atoms with E-state index in [0.717, 1.165) is 38.5 Å². The highest BCUT2D eigenvalue weighted by molar-refractivity contribution is 5.93. The predicted molar refractivity (Wildman–Crippen MR) is 87.2 cm³/mol. The molecule has 4 rings (SSSR count). The highest BCUT2D eigenvalue weighted by atomic mass is 16.3. The summed E-state index contributed by atoms with van der Waals surface area (Å²) >= 11 is 0. The first-order chi connectivity index (χ1) is 10.5. The van der Waals surface area contributed by atoms with Crippen molar-refractivity contribution in [3.63, 3.8) is 0 Å². The van der Waals surface area contributed by atoms with Gasteiger partial charge >= 0.3 is 0 Å². The molecule has 2 heteroatoms. The average Bonchev–Trinajstić information content (AvgIpc) is 2.81. The number of hydrogen-bond acceptors (Lipinski definition) is 2. The van der Waals surface area contributed by atoms with Gasteiger partial charge in [0.1, 0.15) is 0 Å². The molecule has 1 N–H and O–H groups in total. The number of fused-ring (bicyclic) bond motifs is 4. The third-order valence-electron chi connectivity index (χ3n) is 7.01. The number of aliphatic hydroxyl groups is 1. The number of aliphatic hydroxyl groups excluding tert-OH is 1. The van der Waals surface area contributed by atoms with Crippen molar-refractivity contribution in [3.8, 4) is 0 Å². The summed E-state index contributed by atoms with van der Waals surface area (Å²) in [6, 6.07) is 0. The van der Waals surface area contributed by atoms with Gasteiger partial charge in [0.25, 0.3) is 0 Å². The van der Waals surface area contributed by atoms with Crippen LogP contribution in [0.5, 0.6) is 0 Å². The van der Waals surface area contributed by atoms with E-state index in [9.17, 15) is 9.90 Å². The Bertz CT molecular complexity index is 597. The van der Waals surface area contributed by atoms with Crippen molar-refractivity contribution in [1.29, 1.82) is 0 Å². The molecule has 22 heavy (non-hydrogen) atoms. The molecule has 4 aliphatic carbocycles. The van der Waals surface area contributed by atoms with Gasteiger partial charge in [-0.25, -0.2) is 0 Å². The van der Waals surface area contributed by atoms with E-state index in [0.29, 0.717) is 30.0 Å². The molecule has 0 heterocycles. The molecule has 0 aliphatic heterocycles. The van der Waals surface area contributed by atoms with Gasteiger partial charge in [0.05, 0.1) is 6.10 Å². The van der Waals surface area contributed by atoms with Crippen molar-refractivity contribution in [3.05, 3.63) is 35.5 Å². The number of ketones is 1.